The summed E-state index contributed by atoms with van der Waals surface area (Å²) in [5, 5.41) is 2.48. The molecule has 0 aliphatic rings. The van der Waals surface area contributed by atoms with Crippen molar-refractivity contribution >= 4 is 22.4 Å². The Morgan fingerprint density at radius 2 is 1.65 bits per heavy atom. The van der Waals surface area contributed by atoms with Crippen molar-refractivity contribution in [1.82, 2.24) is 9.97 Å². The van der Waals surface area contributed by atoms with Gasteiger partial charge in [0.25, 0.3) is 0 Å². The fraction of sp³-hybridized carbons (Fsp3) is 0.0667. The van der Waals surface area contributed by atoms with E-state index in [4.69, 9.17) is 0 Å². The van der Waals surface area contributed by atoms with Gasteiger partial charge in [0.2, 0.25) is 5.82 Å². The highest BCUT2D eigenvalue weighted by atomic mass is 19.4. The molecular formula is C15H8F5N3. The zero-order valence-corrected chi connectivity index (χ0v) is 11.3. The Morgan fingerprint density at radius 3 is 2.35 bits per heavy atom. The van der Waals surface area contributed by atoms with Crippen LogP contribution in [0, 0.1) is 11.6 Å². The van der Waals surface area contributed by atoms with Crippen LogP contribution in [0.4, 0.5) is 33.5 Å². The van der Waals surface area contributed by atoms with Crippen LogP contribution in [-0.2, 0) is 6.18 Å². The highest BCUT2D eigenvalue weighted by Crippen LogP contribution is 2.32. The van der Waals surface area contributed by atoms with Crippen molar-refractivity contribution in [3.05, 3.63) is 59.9 Å². The first-order valence-electron chi connectivity index (χ1n) is 6.40. The molecule has 23 heavy (non-hydrogen) atoms. The Kier molecular flexibility index (Phi) is 3.59. The maximum Gasteiger partial charge on any atom is 0.451 e. The van der Waals surface area contributed by atoms with Crippen molar-refractivity contribution < 1.29 is 22.0 Å². The SMILES string of the molecule is Fc1ccc2nc(C(F)(F)F)nc(Nc3ccccc3F)c2c1. The van der Waals surface area contributed by atoms with E-state index in [1.165, 1.54) is 18.2 Å². The lowest BCUT2D eigenvalue weighted by Crippen LogP contribution is -2.13. The molecule has 0 unspecified atom stereocenters. The quantitative estimate of drug-likeness (QED) is 0.696. The summed E-state index contributed by atoms with van der Waals surface area (Å²) in [6, 6.07) is 8.47. The monoisotopic (exact) mass is 325 g/mol. The first-order chi connectivity index (χ1) is 10.8. The number of fused-ring (bicyclic) bond motifs is 1. The van der Waals surface area contributed by atoms with Crippen LogP contribution in [0.1, 0.15) is 5.82 Å². The molecule has 2 aromatic carbocycles. The summed E-state index contributed by atoms with van der Waals surface area (Å²) in [5.41, 5.74) is -0.183. The second-order valence-electron chi connectivity index (χ2n) is 4.66. The molecule has 1 aromatic heterocycles. The second-order valence-corrected chi connectivity index (χ2v) is 4.66. The van der Waals surface area contributed by atoms with Crippen molar-refractivity contribution in [2.45, 2.75) is 6.18 Å². The van der Waals surface area contributed by atoms with Gasteiger partial charge >= 0.3 is 6.18 Å². The van der Waals surface area contributed by atoms with Crippen LogP contribution in [0.25, 0.3) is 10.9 Å². The summed E-state index contributed by atoms with van der Waals surface area (Å²) >= 11 is 0. The third-order valence-corrected chi connectivity index (χ3v) is 3.04. The molecule has 118 valence electrons. The average molecular weight is 325 g/mol. The summed E-state index contributed by atoms with van der Waals surface area (Å²) in [6.07, 6.45) is -4.78. The number of nitrogens with one attached hydrogen (secondary N) is 1. The molecule has 8 heteroatoms. The Bertz CT molecular complexity index is 877. The average Bonchev–Trinajstić information content (AvgIpc) is 2.48. The molecule has 0 saturated carbocycles. The molecule has 0 bridgehead atoms. The van der Waals surface area contributed by atoms with E-state index >= 15 is 0 Å². The lowest BCUT2D eigenvalue weighted by atomic mass is 10.2. The van der Waals surface area contributed by atoms with Gasteiger partial charge < -0.3 is 5.32 Å². The van der Waals surface area contributed by atoms with E-state index < -0.39 is 23.6 Å². The Balaban J connectivity index is 2.20. The predicted molar refractivity (Wildman–Crippen MR) is 74.2 cm³/mol. The largest absolute Gasteiger partial charge is 0.451 e. The molecule has 0 fully saturated rings. The third kappa shape index (κ3) is 3.05. The van der Waals surface area contributed by atoms with Crippen molar-refractivity contribution in [2.75, 3.05) is 5.32 Å². The molecule has 3 nitrogen and oxygen atoms in total. The van der Waals surface area contributed by atoms with Crippen molar-refractivity contribution in [2.24, 2.45) is 0 Å². The summed E-state index contributed by atoms with van der Waals surface area (Å²) in [5.74, 6) is -3.07. The molecule has 0 atom stereocenters. The molecule has 0 aliphatic heterocycles. The van der Waals surface area contributed by atoms with Gasteiger partial charge in [-0.05, 0) is 30.3 Å². The first kappa shape index (κ1) is 15.1. The highest BCUT2D eigenvalue weighted by molar-refractivity contribution is 5.90. The number of benzene rings is 2. The minimum absolute atomic E-state index is 0.0150. The lowest BCUT2D eigenvalue weighted by molar-refractivity contribution is -0.144. The standard InChI is InChI=1S/C15H8F5N3/c16-8-5-6-11-9(7-8)13(23-14(22-11)15(18,19)20)21-12-4-2-1-3-10(12)17/h1-7H,(H,21,22,23). The summed E-state index contributed by atoms with van der Waals surface area (Å²) in [7, 11) is 0. The van der Waals surface area contributed by atoms with Gasteiger partial charge in [-0.25, -0.2) is 18.7 Å². The summed E-state index contributed by atoms with van der Waals surface area (Å²) < 4.78 is 65.8. The van der Waals surface area contributed by atoms with Gasteiger partial charge in [0, 0.05) is 5.39 Å². The van der Waals surface area contributed by atoms with Crippen LogP contribution in [0.15, 0.2) is 42.5 Å². The number of hydrogen-bond acceptors (Lipinski definition) is 3. The van der Waals surface area contributed by atoms with Crippen molar-refractivity contribution in [3.8, 4) is 0 Å². The van der Waals surface area contributed by atoms with E-state index in [9.17, 15) is 22.0 Å². The lowest BCUT2D eigenvalue weighted by Gasteiger charge is -2.12. The van der Waals surface area contributed by atoms with Crippen LogP contribution in [0.3, 0.4) is 0 Å². The van der Waals surface area contributed by atoms with Crippen molar-refractivity contribution in [3.63, 3.8) is 0 Å². The van der Waals surface area contributed by atoms with E-state index in [1.54, 1.807) is 0 Å². The van der Waals surface area contributed by atoms with Gasteiger partial charge in [0.15, 0.2) is 0 Å². The Hall–Kier alpha value is -2.77. The normalized spacial score (nSPS) is 11.7. The Morgan fingerprint density at radius 1 is 0.913 bits per heavy atom. The minimum atomic E-state index is -4.78. The van der Waals surface area contributed by atoms with Gasteiger partial charge in [0.05, 0.1) is 11.2 Å². The molecule has 0 saturated heterocycles. The third-order valence-electron chi connectivity index (χ3n) is 3.04. The number of rotatable bonds is 2. The van der Waals surface area contributed by atoms with Crippen LogP contribution < -0.4 is 5.32 Å². The zero-order chi connectivity index (χ0) is 16.6. The maximum atomic E-state index is 13.7. The van der Waals surface area contributed by atoms with Crippen LogP contribution in [-0.4, -0.2) is 9.97 Å². The van der Waals surface area contributed by atoms with Crippen molar-refractivity contribution in [1.29, 1.82) is 0 Å². The van der Waals surface area contributed by atoms with Gasteiger partial charge in [-0.1, -0.05) is 12.1 Å². The van der Waals surface area contributed by atoms with E-state index in [-0.39, 0.29) is 22.4 Å². The van der Waals surface area contributed by atoms with Gasteiger partial charge in [-0.15, -0.1) is 0 Å². The van der Waals surface area contributed by atoms with E-state index in [1.807, 2.05) is 0 Å². The molecule has 1 N–H and O–H groups in total. The molecule has 0 aliphatic carbocycles. The number of aromatic nitrogens is 2. The van der Waals surface area contributed by atoms with Gasteiger partial charge in [-0.3, -0.25) is 0 Å². The van der Waals surface area contributed by atoms with E-state index in [0.717, 1.165) is 24.3 Å². The second kappa shape index (κ2) is 5.45. The van der Waals surface area contributed by atoms with E-state index in [0.29, 0.717) is 0 Å². The number of nitrogens with zero attached hydrogens (tertiary/aromatic N) is 2. The minimum Gasteiger partial charge on any atom is -0.337 e. The van der Waals surface area contributed by atoms with Crippen LogP contribution in [0.2, 0.25) is 0 Å². The predicted octanol–water partition coefficient (Wildman–Crippen LogP) is 4.67. The fourth-order valence-electron chi connectivity index (χ4n) is 2.01. The smallest absolute Gasteiger partial charge is 0.337 e. The van der Waals surface area contributed by atoms with Gasteiger partial charge in [-0.2, -0.15) is 13.2 Å². The van der Waals surface area contributed by atoms with Gasteiger partial charge in [0.1, 0.15) is 17.5 Å². The fourth-order valence-corrected chi connectivity index (χ4v) is 2.01. The molecule has 3 rings (SSSR count). The Labute approximate surface area is 126 Å². The molecule has 1 heterocycles. The zero-order valence-electron chi connectivity index (χ0n) is 11.3. The first-order valence-corrected chi connectivity index (χ1v) is 6.40. The van der Waals surface area contributed by atoms with Crippen LogP contribution in [0.5, 0.6) is 0 Å². The molecule has 0 spiro atoms. The number of para-hydroxylation sites is 1. The number of hydrogen-bond donors (Lipinski definition) is 1. The summed E-state index contributed by atoms with van der Waals surface area (Å²) in [4.78, 5) is 6.74. The topological polar surface area (TPSA) is 37.8 Å². The number of alkyl halides is 3. The maximum absolute atomic E-state index is 13.7. The highest BCUT2D eigenvalue weighted by Gasteiger charge is 2.35. The molecule has 0 amide bonds. The summed E-state index contributed by atoms with van der Waals surface area (Å²) in [6.45, 7) is 0. The van der Waals surface area contributed by atoms with Crippen LogP contribution >= 0.6 is 0 Å². The molecular weight excluding hydrogens is 317 g/mol. The number of halogens is 5. The molecule has 0 radical (unpaired) electrons. The molecule has 3 aromatic rings. The number of anilines is 2. The van der Waals surface area contributed by atoms with E-state index in [2.05, 4.69) is 15.3 Å².